The number of carboxylic acids is 1. The fraction of sp³-hybridized carbons (Fsp3) is 0.484. The Morgan fingerprint density at radius 2 is 1.70 bits per heavy atom. The van der Waals surface area contributed by atoms with Gasteiger partial charge in [0.15, 0.2) is 0 Å². The number of hydrogen-bond donors (Lipinski definition) is 2. The number of nitrogens with zero attached hydrogens (tertiary/aromatic N) is 2. The second kappa shape index (κ2) is 11.9. The van der Waals surface area contributed by atoms with Crippen LogP contribution in [0.25, 0.3) is 0 Å². The molecular formula is C31H37Cl2N3O4. The molecule has 0 radical (unpaired) electrons. The molecule has 1 aliphatic carbocycles. The van der Waals surface area contributed by atoms with Crippen LogP contribution < -0.4 is 5.32 Å². The molecule has 0 bridgehead atoms. The van der Waals surface area contributed by atoms with Gasteiger partial charge in [-0.05, 0) is 86.3 Å². The monoisotopic (exact) mass is 585 g/mol. The maximum absolute atomic E-state index is 14.0. The van der Waals surface area contributed by atoms with Gasteiger partial charge in [0.1, 0.15) is 11.4 Å². The number of carbonyl (C=O) groups is 3. The Labute approximate surface area is 246 Å². The van der Waals surface area contributed by atoms with Crippen molar-refractivity contribution >= 4 is 46.7 Å². The number of nitrogens with one attached hydrogen (secondary N) is 1. The molecule has 1 spiro atoms. The fourth-order valence-corrected chi connectivity index (χ4v) is 6.54. The molecule has 1 heterocycles. The van der Waals surface area contributed by atoms with Gasteiger partial charge >= 0.3 is 5.97 Å². The molecule has 1 saturated carbocycles. The van der Waals surface area contributed by atoms with Crippen LogP contribution >= 0.6 is 23.2 Å². The topological polar surface area (TPSA) is 99.1 Å². The van der Waals surface area contributed by atoms with Crippen molar-refractivity contribution in [1.29, 1.82) is 0 Å². The predicted octanol–water partition coefficient (Wildman–Crippen LogP) is 6.39. The molecule has 4 rings (SSSR count). The molecule has 2 amide bonds. The van der Waals surface area contributed by atoms with E-state index in [4.69, 9.17) is 33.3 Å². The summed E-state index contributed by atoms with van der Waals surface area (Å²) in [6.45, 7) is 8.94. The standard InChI is InChI=1S/C31H37Cl2N3O4/c1-19(15-20-5-7-21(8-6-20)28(39)34-14-11-26(37)38)36-29(40)27(22-16-24(32)18-25(33)17-22)35-31(36)12-9-23(10-13-31)30(2,3)4/h5-8,16-19,23H,9-15H2,1-4H3,(H,34,39)(H,37,38). The zero-order chi connectivity index (χ0) is 29.2. The van der Waals surface area contributed by atoms with Crippen molar-refractivity contribution in [2.45, 2.75) is 77.9 Å². The van der Waals surface area contributed by atoms with Gasteiger partial charge < -0.3 is 15.3 Å². The molecule has 0 aromatic heterocycles. The highest BCUT2D eigenvalue weighted by atomic mass is 35.5. The number of amides is 2. The first kappa shape index (κ1) is 30.1. The van der Waals surface area contributed by atoms with Crippen molar-refractivity contribution in [2.75, 3.05) is 6.54 Å². The van der Waals surface area contributed by atoms with E-state index in [0.717, 1.165) is 31.2 Å². The van der Waals surface area contributed by atoms with Gasteiger partial charge in [0.25, 0.3) is 11.8 Å². The molecule has 2 N–H and O–H groups in total. The van der Waals surface area contributed by atoms with Crippen molar-refractivity contribution in [3.8, 4) is 0 Å². The third-order valence-corrected chi connectivity index (χ3v) is 8.59. The molecular weight excluding hydrogens is 549 g/mol. The third kappa shape index (κ3) is 6.69. The number of halogens is 2. The van der Waals surface area contributed by atoms with E-state index in [1.807, 2.05) is 24.0 Å². The summed E-state index contributed by atoms with van der Waals surface area (Å²) >= 11 is 12.6. The third-order valence-electron chi connectivity index (χ3n) is 8.15. The average molecular weight is 587 g/mol. The highest BCUT2D eigenvalue weighted by Gasteiger charge is 2.51. The zero-order valence-corrected chi connectivity index (χ0v) is 25.0. The quantitative estimate of drug-likeness (QED) is 0.374. The van der Waals surface area contributed by atoms with Crippen molar-refractivity contribution < 1.29 is 19.5 Å². The van der Waals surface area contributed by atoms with E-state index in [0.29, 0.717) is 39.2 Å². The Bertz CT molecular complexity index is 1290. The molecule has 1 fully saturated rings. The highest BCUT2D eigenvalue weighted by molar-refractivity contribution is 6.47. The number of hydrogen-bond acceptors (Lipinski definition) is 4. The van der Waals surface area contributed by atoms with Crippen LogP contribution in [0.5, 0.6) is 0 Å². The molecule has 2 aromatic carbocycles. The molecule has 2 aromatic rings. The lowest BCUT2D eigenvalue weighted by atomic mass is 9.69. The number of aliphatic carboxylic acids is 1. The van der Waals surface area contributed by atoms with Crippen LogP contribution in [0.2, 0.25) is 10.0 Å². The van der Waals surface area contributed by atoms with Crippen molar-refractivity contribution in [3.63, 3.8) is 0 Å². The minimum absolute atomic E-state index is 0.0718. The molecule has 7 nitrogen and oxygen atoms in total. The van der Waals surface area contributed by atoms with E-state index >= 15 is 0 Å². The van der Waals surface area contributed by atoms with Crippen LogP contribution in [0, 0.1) is 11.3 Å². The van der Waals surface area contributed by atoms with Gasteiger partial charge in [-0.15, -0.1) is 0 Å². The number of benzene rings is 2. The maximum Gasteiger partial charge on any atom is 0.305 e. The van der Waals surface area contributed by atoms with E-state index in [9.17, 15) is 14.4 Å². The lowest BCUT2D eigenvalue weighted by Crippen LogP contribution is -2.54. The number of carbonyl (C=O) groups excluding carboxylic acids is 2. The second-order valence-corrected chi connectivity index (χ2v) is 12.9. The van der Waals surface area contributed by atoms with Crippen LogP contribution in [-0.2, 0) is 16.0 Å². The Kier molecular flexibility index (Phi) is 8.96. The summed E-state index contributed by atoms with van der Waals surface area (Å²) in [5.74, 6) is -0.839. The lowest BCUT2D eigenvalue weighted by molar-refractivity contribution is -0.137. The SMILES string of the molecule is CC(Cc1ccc(C(=O)NCCC(=O)O)cc1)N1C(=O)C(c2cc(Cl)cc(Cl)c2)=NC12CCC(C(C)(C)C)CC2. The predicted molar refractivity (Wildman–Crippen MR) is 158 cm³/mol. The summed E-state index contributed by atoms with van der Waals surface area (Å²) in [4.78, 5) is 44.2. The van der Waals surface area contributed by atoms with Gasteiger partial charge in [0.05, 0.1) is 6.42 Å². The Morgan fingerprint density at radius 3 is 2.25 bits per heavy atom. The Morgan fingerprint density at radius 1 is 1.10 bits per heavy atom. The van der Waals surface area contributed by atoms with Gasteiger partial charge in [-0.2, -0.15) is 0 Å². The van der Waals surface area contributed by atoms with Crippen LogP contribution in [0.15, 0.2) is 47.5 Å². The summed E-state index contributed by atoms with van der Waals surface area (Å²) in [5.41, 5.74) is 2.05. The Balaban J connectivity index is 1.56. The first-order valence-corrected chi connectivity index (χ1v) is 14.5. The molecule has 214 valence electrons. The van der Waals surface area contributed by atoms with Crippen LogP contribution in [0.1, 0.15) is 81.3 Å². The van der Waals surface area contributed by atoms with Gasteiger partial charge in [-0.25, -0.2) is 0 Å². The van der Waals surface area contributed by atoms with E-state index in [2.05, 4.69) is 26.1 Å². The molecule has 1 unspecified atom stereocenters. The first-order chi connectivity index (χ1) is 18.8. The van der Waals surface area contributed by atoms with Crippen LogP contribution in [0.3, 0.4) is 0 Å². The van der Waals surface area contributed by atoms with Crippen LogP contribution in [0.4, 0.5) is 0 Å². The molecule has 0 saturated heterocycles. The summed E-state index contributed by atoms with van der Waals surface area (Å²) in [7, 11) is 0. The second-order valence-electron chi connectivity index (χ2n) is 12.1. The Hall–Kier alpha value is -2.90. The van der Waals surface area contributed by atoms with Gasteiger partial charge in [0, 0.05) is 33.8 Å². The number of aliphatic imine (C=N–C) groups is 1. The minimum Gasteiger partial charge on any atom is -0.481 e. The van der Waals surface area contributed by atoms with Crippen molar-refractivity contribution in [1.82, 2.24) is 10.2 Å². The molecule has 40 heavy (non-hydrogen) atoms. The lowest BCUT2D eigenvalue weighted by Gasteiger charge is -2.46. The summed E-state index contributed by atoms with van der Waals surface area (Å²) < 4.78 is 0. The van der Waals surface area contributed by atoms with Crippen molar-refractivity contribution in [3.05, 3.63) is 69.2 Å². The molecule has 2 aliphatic rings. The number of carboxylic acid groups (broad SMARTS) is 1. The zero-order valence-electron chi connectivity index (χ0n) is 23.5. The first-order valence-electron chi connectivity index (χ1n) is 13.8. The van der Waals surface area contributed by atoms with E-state index in [1.54, 1.807) is 30.3 Å². The molecule has 1 aliphatic heterocycles. The van der Waals surface area contributed by atoms with E-state index in [1.165, 1.54) is 0 Å². The maximum atomic E-state index is 14.0. The highest BCUT2D eigenvalue weighted by Crippen LogP contribution is 2.47. The molecule has 9 heteroatoms. The van der Waals surface area contributed by atoms with Gasteiger partial charge in [0.2, 0.25) is 0 Å². The van der Waals surface area contributed by atoms with Crippen LogP contribution in [-0.4, -0.2) is 51.8 Å². The smallest absolute Gasteiger partial charge is 0.305 e. The largest absolute Gasteiger partial charge is 0.481 e. The number of rotatable bonds is 8. The molecule has 1 atom stereocenters. The summed E-state index contributed by atoms with van der Waals surface area (Å²) in [6.07, 6.45) is 4.01. The van der Waals surface area contributed by atoms with E-state index in [-0.39, 0.29) is 36.2 Å². The minimum atomic E-state index is -0.962. The summed E-state index contributed by atoms with van der Waals surface area (Å²) in [6, 6.07) is 12.2. The normalized spacial score (nSPS) is 21.9. The fourth-order valence-electron chi connectivity index (χ4n) is 6.01. The van der Waals surface area contributed by atoms with Gasteiger partial charge in [-0.1, -0.05) is 56.1 Å². The van der Waals surface area contributed by atoms with Gasteiger partial charge in [-0.3, -0.25) is 19.4 Å². The van der Waals surface area contributed by atoms with E-state index < -0.39 is 11.6 Å². The van der Waals surface area contributed by atoms with Crippen molar-refractivity contribution in [2.24, 2.45) is 16.3 Å². The average Bonchev–Trinajstić information content (AvgIpc) is 3.14. The summed E-state index contributed by atoms with van der Waals surface area (Å²) in [5, 5.41) is 12.3.